The number of aromatic nitrogens is 2. The summed E-state index contributed by atoms with van der Waals surface area (Å²) in [4.78, 5) is 36.7. The Bertz CT molecular complexity index is 621. The molecule has 0 spiro atoms. The number of carbonyl (C=O) groups is 1. The lowest BCUT2D eigenvalue weighted by molar-refractivity contribution is -0.124. The number of nitriles is 1. The van der Waals surface area contributed by atoms with Crippen molar-refractivity contribution < 1.29 is 4.79 Å². The van der Waals surface area contributed by atoms with Gasteiger partial charge in [-0.3, -0.25) is 19.1 Å². The summed E-state index contributed by atoms with van der Waals surface area (Å²) in [7, 11) is 0. The van der Waals surface area contributed by atoms with Gasteiger partial charge in [0.15, 0.2) is 0 Å². The van der Waals surface area contributed by atoms with E-state index in [2.05, 4.69) is 5.32 Å². The van der Waals surface area contributed by atoms with Crippen LogP contribution in [0.25, 0.3) is 0 Å². The molecule has 1 amide bonds. The third kappa shape index (κ3) is 3.55. The van der Waals surface area contributed by atoms with Crippen LogP contribution in [0.3, 0.4) is 0 Å². The van der Waals surface area contributed by atoms with Crippen LogP contribution in [0.5, 0.6) is 0 Å². The predicted octanol–water partition coefficient (Wildman–Crippen LogP) is -0.259. The predicted molar refractivity (Wildman–Crippen MR) is 68.6 cm³/mol. The molecule has 1 aromatic rings. The summed E-state index contributed by atoms with van der Waals surface area (Å²) >= 11 is 0. The van der Waals surface area contributed by atoms with E-state index in [1.54, 1.807) is 6.07 Å². The van der Waals surface area contributed by atoms with Crippen LogP contribution >= 0.6 is 0 Å². The average molecular weight is 264 g/mol. The molecule has 1 aromatic heterocycles. The number of nitrogens with zero attached hydrogens (tertiary/aromatic N) is 2. The first-order chi connectivity index (χ1) is 8.86. The van der Waals surface area contributed by atoms with Gasteiger partial charge >= 0.3 is 5.69 Å². The smallest absolute Gasteiger partial charge is 0.329 e. The van der Waals surface area contributed by atoms with E-state index in [-0.39, 0.29) is 17.4 Å². The molecule has 0 aliphatic rings. The van der Waals surface area contributed by atoms with Gasteiger partial charge in [-0.25, -0.2) is 4.79 Å². The van der Waals surface area contributed by atoms with E-state index in [0.717, 1.165) is 10.8 Å². The van der Waals surface area contributed by atoms with Crippen molar-refractivity contribution in [2.24, 2.45) is 5.92 Å². The third-order valence-electron chi connectivity index (χ3n) is 2.57. The first kappa shape index (κ1) is 14.7. The Morgan fingerprint density at radius 2 is 2.11 bits per heavy atom. The van der Waals surface area contributed by atoms with E-state index in [1.807, 2.05) is 18.8 Å². The number of hydrogen-bond donors (Lipinski definition) is 2. The summed E-state index contributed by atoms with van der Waals surface area (Å²) in [6.45, 7) is 5.92. The lowest BCUT2D eigenvalue weighted by atomic mass is 10.2. The van der Waals surface area contributed by atoms with E-state index >= 15 is 0 Å². The fourth-order valence-electron chi connectivity index (χ4n) is 1.43. The Morgan fingerprint density at radius 1 is 1.47 bits per heavy atom. The van der Waals surface area contributed by atoms with Gasteiger partial charge in [-0.15, -0.1) is 0 Å². The molecule has 1 rings (SSSR count). The normalized spacial score (nSPS) is 11.9. The van der Waals surface area contributed by atoms with Crippen LogP contribution in [0.4, 0.5) is 0 Å². The molecule has 7 heteroatoms. The molecule has 0 aliphatic heterocycles. The Labute approximate surface area is 109 Å². The minimum absolute atomic E-state index is 0.205. The van der Waals surface area contributed by atoms with Crippen LogP contribution < -0.4 is 16.6 Å². The molecule has 0 radical (unpaired) electrons. The number of amides is 1. The Hall–Kier alpha value is -2.36. The molecule has 19 heavy (non-hydrogen) atoms. The van der Waals surface area contributed by atoms with Gasteiger partial charge in [0.1, 0.15) is 17.7 Å². The van der Waals surface area contributed by atoms with Crippen LogP contribution in [0, 0.1) is 17.2 Å². The molecule has 7 nitrogen and oxygen atoms in total. The first-order valence-corrected chi connectivity index (χ1v) is 5.90. The van der Waals surface area contributed by atoms with Crippen molar-refractivity contribution in [2.75, 3.05) is 6.54 Å². The van der Waals surface area contributed by atoms with Crippen molar-refractivity contribution in [3.63, 3.8) is 0 Å². The summed E-state index contributed by atoms with van der Waals surface area (Å²) < 4.78 is 1.04. The zero-order valence-electron chi connectivity index (χ0n) is 11.1. The van der Waals surface area contributed by atoms with Crippen LogP contribution in [0.2, 0.25) is 0 Å². The minimum Gasteiger partial charge on any atom is -0.354 e. The highest BCUT2D eigenvalue weighted by Crippen LogP contribution is 2.02. The monoisotopic (exact) mass is 264 g/mol. The second kappa shape index (κ2) is 6.00. The van der Waals surface area contributed by atoms with E-state index in [9.17, 15) is 14.4 Å². The molecule has 102 valence electrons. The van der Waals surface area contributed by atoms with Gasteiger partial charge in [0.2, 0.25) is 5.91 Å². The molecule has 0 bridgehead atoms. The lowest BCUT2D eigenvalue weighted by Gasteiger charge is -2.15. The van der Waals surface area contributed by atoms with Gasteiger partial charge in [0, 0.05) is 12.7 Å². The van der Waals surface area contributed by atoms with Crippen LogP contribution in [-0.2, 0) is 4.79 Å². The third-order valence-corrected chi connectivity index (χ3v) is 2.57. The summed E-state index contributed by atoms with van der Waals surface area (Å²) in [5, 5.41) is 11.4. The molecule has 0 aromatic carbocycles. The number of nitrogens with one attached hydrogen (secondary N) is 2. The topological polar surface area (TPSA) is 108 Å². The van der Waals surface area contributed by atoms with Gasteiger partial charge in [-0.1, -0.05) is 13.8 Å². The zero-order valence-corrected chi connectivity index (χ0v) is 11.1. The van der Waals surface area contributed by atoms with Gasteiger partial charge in [0.25, 0.3) is 5.56 Å². The quantitative estimate of drug-likeness (QED) is 0.781. The van der Waals surface area contributed by atoms with Crippen LogP contribution in [0.15, 0.2) is 15.8 Å². The van der Waals surface area contributed by atoms with E-state index in [0.29, 0.717) is 6.54 Å². The molecule has 1 heterocycles. The molecule has 1 atom stereocenters. The maximum atomic E-state index is 11.8. The highest BCUT2D eigenvalue weighted by molar-refractivity contribution is 5.79. The molecule has 0 fully saturated rings. The molecule has 1 unspecified atom stereocenters. The number of rotatable bonds is 4. The van der Waals surface area contributed by atoms with Crippen molar-refractivity contribution in [1.82, 2.24) is 14.9 Å². The second-order valence-electron chi connectivity index (χ2n) is 4.64. The van der Waals surface area contributed by atoms with Crippen molar-refractivity contribution in [1.29, 1.82) is 5.26 Å². The van der Waals surface area contributed by atoms with E-state index < -0.39 is 17.3 Å². The highest BCUT2D eigenvalue weighted by atomic mass is 16.2. The fraction of sp³-hybridized carbons (Fsp3) is 0.500. The average Bonchev–Trinajstić information content (AvgIpc) is 2.35. The zero-order chi connectivity index (χ0) is 14.6. The first-order valence-electron chi connectivity index (χ1n) is 5.90. The SMILES string of the molecule is CC(C)CNC(=O)C(C)n1cc(C#N)c(=O)[nH]c1=O. The molecule has 2 N–H and O–H groups in total. The van der Waals surface area contributed by atoms with Crippen molar-refractivity contribution in [3.05, 3.63) is 32.6 Å². The second-order valence-corrected chi connectivity index (χ2v) is 4.64. The maximum Gasteiger partial charge on any atom is 0.329 e. The summed E-state index contributed by atoms with van der Waals surface area (Å²) in [6.07, 6.45) is 1.10. The number of H-pyrrole nitrogens is 1. The maximum absolute atomic E-state index is 11.8. The number of hydrogen-bond acceptors (Lipinski definition) is 4. The van der Waals surface area contributed by atoms with Gasteiger partial charge in [-0.2, -0.15) is 5.26 Å². The Balaban J connectivity index is 3.03. The van der Waals surface area contributed by atoms with E-state index in [4.69, 9.17) is 5.26 Å². The number of carbonyl (C=O) groups excluding carboxylic acids is 1. The molecule has 0 saturated carbocycles. The van der Waals surface area contributed by atoms with Gasteiger partial charge in [-0.05, 0) is 12.8 Å². The number of aromatic amines is 1. The Morgan fingerprint density at radius 3 is 2.63 bits per heavy atom. The fourth-order valence-corrected chi connectivity index (χ4v) is 1.43. The van der Waals surface area contributed by atoms with Gasteiger partial charge in [0.05, 0.1) is 0 Å². The van der Waals surface area contributed by atoms with Crippen LogP contribution in [0.1, 0.15) is 32.4 Å². The highest BCUT2D eigenvalue weighted by Gasteiger charge is 2.17. The summed E-state index contributed by atoms with van der Waals surface area (Å²) in [5.41, 5.74) is -1.67. The molecular weight excluding hydrogens is 248 g/mol. The Kier molecular flexibility index (Phi) is 4.64. The standard InChI is InChI=1S/C12H16N4O3/c1-7(2)5-14-10(17)8(3)16-6-9(4-13)11(18)15-12(16)19/h6-8H,5H2,1-3H3,(H,14,17)(H,15,18,19). The molecule has 0 saturated heterocycles. The largest absolute Gasteiger partial charge is 0.354 e. The van der Waals surface area contributed by atoms with E-state index in [1.165, 1.54) is 6.92 Å². The van der Waals surface area contributed by atoms with Gasteiger partial charge < -0.3 is 5.32 Å². The van der Waals surface area contributed by atoms with Crippen molar-refractivity contribution >= 4 is 5.91 Å². The molecular formula is C12H16N4O3. The summed E-state index contributed by atoms with van der Waals surface area (Å²) in [6, 6.07) is 0.876. The lowest BCUT2D eigenvalue weighted by Crippen LogP contribution is -2.40. The summed E-state index contributed by atoms with van der Waals surface area (Å²) in [5.74, 6) is -0.0511. The van der Waals surface area contributed by atoms with Crippen molar-refractivity contribution in [3.8, 4) is 6.07 Å². The minimum atomic E-state index is -0.796. The van der Waals surface area contributed by atoms with Crippen LogP contribution in [-0.4, -0.2) is 22.0 Å². The molecule has 0 aliphatic carbocycles. The van der Waals surface area contributed by atoms with Crippen molar-refractivity contribution in [2.45, 2.75) is 26.8 Å².